The second kappa shape index (κ2) is 8.45. The maximum Gasteiger partial charge on any atom is 0.328 e. The SMILES string of the molecule is O=c1n2c(c3n1CCN(/C1=N/CCCCCCC1)C3)CCCCCCC2. The Kier molecular flexibility index (Phi) is 5.81. The van der Waals surface area contributed by atoms with Crippen molar-refractivity contribution in [3.05, 3.63) is 21.9 Å². The highest BCUT2D eigenvalue weighted by Crippen LogP contribution is 2.23. The van der Waals surface area contributed by atoms with Gasteiger partial charge in [-0.05, 0) is 32.1 Å². The number of nitrogens with zero attached hydrogens (tertiary/aromatic N) is 4. The fourth-order valence-corrected chi connectivity index (χ4v) is 4.87. The van der Waals surface area contributed by atoms with Crippen LogP contribution >= 0.6 is 0 Å². The molecule has 4 rings (SSSR count). The van der Waals surface area contributed by atoms with Gasteiger partial charge >= 0.3 is 5.69 Å². The van der Waals surface area contributed by atoms with Crippen LogP contribution in [0.4, 0.5) is 0 Å². The van der Waals surface area contributed by atoms with Gasteiger partial charge in [-0.1, -0.05) is 38.5 Å². The van der Waals surface area contributed by atoms with Crippen molar-refractivity contribution >= 4 is 5.84 Å². The molecular weight excluding hydrogens is 324 g/mol. The predicted molar refractivity (Wildman–Crippen MR) is 106 cm³/mol. The van der Waals surface area contributed by atoms with E-state index in [4.69, 9.17) is 4.99 Å². The predicted octanol–water partition coefficient (Wildman–Crippen LogP) is 3.72. The van der Waals surface area contributed by atoms with Crippen molar-refractivity contribution in [2.45, 2.75) is 96.7 Å². The van der Waals surface area contributed by atoms with Gasteiger partial charge in [-0.3, -0.25) is 14.1 Å². The molecule has 0 fully saturated rings. The van der Waals surface area contributed by atoms with Gasteiger partial charge in [-0.2, -0.15) is 0 Å². The maximum atomic E-state index is 12.9. The zero-order valence-electron chi connectivity index (χ0n) is 16.2. The van der Waals surface area contributed by atoms with Gasteiger partial charge in [0.2, 0.25) is 0 Å². The molecule has 0 atom stereocenters. The van der Waals surface area contributed by atoms with E-state index < -0.39 is 0 Å². The zero-order valence-corrected chi connectivity index (χ0v) is 16.2. The summed E-state index contributed by atoms with van der Waals surface area (Å²) >= 11 is 0. The van der Waals surface area contributed by atoms with Gasteiger partial charge in [0, 0.05) is 38.3 Å². The largest absolute Gasteiger partial charge is 0.353 e. The maximum absolute atomic E-state index is 12.9. The molecule has 0 saturated carbocycles. The lowest BCUT2D eigenvalue weighted by atomic mass is 10.1. The molecule has 5 heteroatoms. The summed E-state index contributed by atoms with van der Waals surface area (Å²) in [5.74, 6) is 1.30. The number of fused-ring (bicyclic) bond motifs is 3. The van der Waals surface area contributed by atoms with Gasteiger partial charge < -0.3 is 4.90 Å². The molecule has 0 aromatic carbocycles. The van der Waals surface area contributed by atoms with Crippen molar-refractivity contribution in [3.63, 3.8) is 0 Å². The Morgan fingerprint density at radius 3 is 2.23 bits per heavy atom. The minimum absolute atomic E-state index is 0.243. The van der Waals surface area contributed by atoms with Crippen LogP contribution in [-0.4, -0.2) is 33.0 Å². The summed E-state index contributed by atoms with van der Waals surface area (Å²) in [5.41, 5.74) is 2.85. The van der Waals surface area contributed by atoms with Crippen LogP contribution in [0.15, 0.2) is 9.79 Å². The van der Waals surface area contributed by atoms with Crippen LogP contribution < -0.4 is 5.69 Å². The van der Waals surface area contributed by atoms with Gasteiger partial charge in [0.1, 0.15) is 0 Å². The number of hydrogen-bond donors (Lipinski definition) is 0. The first kappa shape index (κ1) is 17.9. The molecule has 144 valence electrons. The summed E-state index contributed by atoms with van der Waals surface area (Å²) in [5, 5.41) is 0. The van der Waals surface area contributed by atoms with Crippen LogP contribution in [0.5, 0.6) is 0 Å². The lowest BCUT2D eigenvalue weighted by Crippen LogP contribution is -2.41. The molecule has 4 heterocycles. The summed E-state index contributed by atoms with van der Waals surface area (Å²) in [6.07, 6.45) is 14.9. The van der Waals surface area contributed by atoms with Crippen molar-refractivity contribution in [1.82, 2.24) is 14.0 Å². The Morgan fingerprint density at radius 1 is 0.654 bits per heavy atom. The van der Waals surface area contributed by atoms with Gasteiger partial charge in [0.25, 0.3) is 0 Å². The Hall–Kier alpha value is -1.52. The molecule has 0 radical (unpaired) electrons. The standard InChI is InChI=1S/C21H34N4O/c26-21-24-14-10-6-2-3-7-11-18(24)19-17-23(15-16-25(19)21)20-12-8-4-1-5-9-13-22-20/h1-17H2/b22-20+. The number of aliphatic imine (C=N–C) groups is 1. The molecule has 0 spiro atoms. The van der Waals surface area contributed by atoms with Gasteiger partial charge in [0.15, 0.2) is 0 Å². The minimum atomic E-state index is 0.243. The molecule has 0 saturated heterocycles. The van der Waals surface area contributed by atoms with Crippen LogP contribution in [0.2, 0.25) is 0 Å². The van der Waals surface area contributed by atoms with E-state index >= 15 is 0 Å². The quantitative estimate of drug-likeness (QED) is 0.709. The monoisotopic (exact) mass is 358 g/mol. The van der Waals surface area contributed by atoms with E-state index in [0.29, 0.717) is 0 Å². The average Bonchev–Trinajstić information content (AvgIpc) is 3.05. The summed E-state index contributed by atoms with van der Waals surface area (Å²) in [6.45, 7) is 4.54. The number of imidazole rings is 1. The van der Waals surface area contributed by atoms with E-state index in [1.807, 2.05) is 0 Å². The molecule has 0 aliphatic carbocycles. The van der Waals surface area contributed by atoms with Crippen molar-refractivity contribution in [3.8, 4) is 0 Å². The molecule has 1 aromatic heterocycles. The lowest BCUT2D eigenvalue weighted by Gasteiger charge is -2.31. The molecule has 5 nitrogen and oxygen atoms in total. The fourth-order valence-electron chi connectivity index (χ4n) is 4.87. The zero-order chi connectivity index (χ0) is 17.8. The van der Waals surface area contributed by atoms with Crippen molar-refractivity contribution in [1.29, 1.82) is 0 Å². The number of hydrogen-bond acceptors (Lipinski definition) is 3. The van der Waals surface area contributed by atoms with Gasteiger partial charge in [0.05, 0.1) is 18.1 Å². The third-order valence-electron chi connectivity index (χ3n) is 6.39. The molecular formula is C21H34N4O. The Labute approximate surface area is 157 Å². The van der Waals surface area contributed by atoms with E-state index in [2.05, 4.69) is 14.0 Å². The van der Waals surface area contributed by atoms with Gasteiger partial charge in [-0.15, -0.1) is 0 Å². The summed E-state index contributed by atoms with van der Waals surface area (Å²) in [4.78, 5) is 20.4. The number of amidine groups is 1. The highest BCUT2D eigenvalue weighted by molar-refractivity contribution is 5.82. The van der Waals surface area contributed by atoms with Crippen LogP contribution in [0, 0.1) is 0 Å². The van der Waals surface area contributed by atoms with Gasteiger partial charge in [-0.25, -0.2) is 4.79 Å². The molecule has 0 bridgehead atoms. The minimum Gasteiger partial charge on any atom is -0.353 e. The molecule has 26 heavy (non-hydrogen) atoms. The number of aromatic nitrogens is 2. The van der Waals surface area contributed by atoms with Crippen LogP contribution in [-0.2, 0) is 26.1 Å². The Balaban J connectivity index is 1.59. The van der Waals surface area contributed by atoms with Crippen LogP contribution in [0.25, 0.3) is 0 Å². The summed E-state index contributed by atoms with van der Waals surface area (Å²) in [6, 6.07) is 0. The lowest BCUT2D eigenvalue weighted by molar-refractivity contribution is 0.323. The fraction of sp³-hybridized carbons (Fsp3) is 0.810. The van der Waals surface area contributed by atoms with Crippen LogP contribution in [0.3, 0.4) is 0 Å². The van der Waals surface area contributed by atoms with E-state index in [9.17, 15) is 4.79 Å². The smallest absolute Gasteiger partial charge is 0.328 e. The second-order valence-corrected chi connectivity index (χ2v) is 8.23. The second-order valence-electron chi connectivity index (χ2n) is 8.23. The van der Waals surface area contributed by atoms with E-state index in [-0.39, 0.29) is 5.69 Å². The third kappa shape index (κ3) is 3.77. The summed E-state index contributed by atoms with van der Waals surface area (Å²) < 4.78 is 4.18. The Morgan fingerprint density at radius 2 is 1.35 bits per heavy atom. The highest BCUT2D eigenvalue weighted by Gasteiger charge is 2.27. The molecule has 1 aromatic rings. The molecule has 3 aliphatic rings. The first-order valence-electron chi connectivity index (χ1n) is 10.9. The number of rotatable bonds is 0. The van der Waals surface area contributed by atoms with E-state index in [1.54, 1.807) is 0 Å². The van der Waals surface area contributed by atoms with Crippen molar-refractivity contribution < 1.29 is 0 Å². The molecule has 3 aliphatic heterocycles. The topological polar surface area (TPSA) is 42.5 Å². The highest BCUT2D eigenvalue weighted by atomic mass is 16.1. The molecule has 0 amide bonds. The summed E-state index contributed by atoms with van der Waals surface area (Å²) in [7, 11) is 0. The van der Waals surface area contributed by atoms with Crippen molar-refractivity contribution in [2.24, 2.45) is 4.99 Å². The van der Waals surface area contributed by atoms with Crippen molar-refractivity contribution in [2.75, 3.05) is 13.1 Å². The molecule has 0 unspecified atom stereocenters. The Bertz CT molecular complexity index is 700. The third-order valence-corrected chi connectivity index (χ3v) is 6.39. The first-order valence-corrected chi connectivity index (χ1v) is 10.9. The van der Waals surface area contributed by atoms with E-state index in [1.165, 1.54) is 75.0 Å². The molecule has 0 N–H and O–H groups in total. The normalized spacial score (nSPS) is 24.6. The average molecular weight is 359 g/mol. The first-order chi connectivity index (χ1) is 12.8. The van der Waals surface area contributed by atoms with Crippen LogP contribution in [0.1, 0.15) is 82.0 Å². The van der Waals surface area contributed by atoms with E-state index in [0.717, 1.165) is 52.0 Å².